The normalized spacial score (nSPS) is 9.87. The van der Waals surface area contributed by atoms with E-state index in [0.717, 1.165) is 25.3 Å². The lowest BCUT2D eigenvalue weighted by atomic mass is 10.4. The van der Waals surface area contributed by atoms with Gasteiger partial charge < -0.3 is 30.2 Å². The van der Waals surface area contributed by atoms with E-state index in [9.17, 15) is 4.79 Å². The van der Waals surface area contributed by atoms with E-state index in [1.165, 1.54) is 0 Å². The number of carboxylic acids is 2. The largest absolute Gasteiger partial charge is 0.473 e. The second-order valence-electron chi connectivity index (χ2n) is 4.80. The summed E-state index contributed by atoms with van der Waals surface area (Å²) in [6.45, 7) is 2.69. The summed E-state index contributed by atoms with van der Waals surface area (Å²) >= 11 is 0. The summed E-state index contributed by atoms with van der Waals surface area (Å²) in [7, 11) is 4.08. The van der Waals surface area contributed by atoms with Gasteiger partial charge in [-0.3, -0.25) is 4.79 Å². The van der Waals surface area contributed by atoms with Crippen LogP contribution in [0.2, 0.25) is 0 Å². The average molecular weight is 329 g/mol. The summed E-state index contributed by atoms with van der Waals surface area (Å²) in [6.07, 6.45) is 2.64. The van der Waals surface area contributed by atoms with Gasteiger partial charge in [0.1, 0.15) is 5.76 Å². The van der Waals surface area contributed by atoms with Gasteiger partial charge in [0.15, 0.2) is 0 Å². The van der Waals surface area contributed by atoms with E-state index in [1.54, 1.807) is 12.3 Å². The van der Waals surface area contributed by atoms with E-state index in [2.05, 4.69) is 15.5 Å². The lowest BCUT2D eigenvalue weighted by Gasteiger charge is -2.09. The SMILES string of the molecule is CN(C)CCCNCC(=O)NCc1ccco1.O=C(O)C(=O)O. The second kappa shape index (κ2) is 12.2. The third kappa shape index (κ3) is 13.0. The summed E-state index contributed by atoms with van der Waals surface area (Å²) in [6, 6.07) is 3.64. The molecule has 0 aromatic carbocycles. The number of hydrogen-bond donors (Lipinski definition) is 4. The average Bonchev–Trinajstić information content (AvgIpc) is 2.98. The van der Waals surface area contributed by atoms with Crippen molar-refractivity contribution in [2.75, 3.05) is 33.7 Å². The van der Waals surface area contributed by atoms with Gasteiger partial charge in [-0.1, -0.05) is 0 Å². The molecule has 0 bridgehead atoms. The van der Waals surface area contributed by atoms with Crippen molar-refractivity contribution in [1.29, 1.82) is 0 Å². The highest BCUT2D eigenvalue weighted by atomic mass is 16.4. The molecule has 23 heavy (non-hydrogen) atoms. The van der Waals surface area contributed by atoms with Crippen LogP contribution < -0.4 is 10.6 Å². The van der Waals surface area contributed by atoms with E-state index < -0.39 is 11.9 Å². The minimum Gasteiger partial charge on any atom is -0.473 e. The minimum atomic E-state index is -1.82. The number of carbonyl (C=O) groups is 3. The third-order valence-corrected chi connectivity index (χ3v) is 2.47. The molecule has 0 saturated carbocycles. The number of nitrogens with one attached hydrogen (secondary N) is 2. The van der Waals surface area contributed by atoms with Crippen LogP contribution in [0.5, 0.6) is 0 Å². The summed E-state index contributed by atoms with van der Waals surface area (Å²) in [5.74, 6) is -2.89. The molecule has 0 spiro atoms. The van der Waals surface area contributed by atoms with Crippen LogP contribution in [-0.2, 0) is 20.9 Å². The van der Waals surface area contributed by atoms with E-state index in [0.29, 0.717) is 13.1 Å². The van der Waals surface area contributed by atoms with Crippen molar-refractivity contribution >= 4 is 17.8 Å². The van der Waals surface area contributed by atoms with Gasteiger partial charge in [-0.2, -0.15) is 0 Å². The molecule has 1 heterocycles. The van der Waals surface area contributed by atoms with Gasteiger partial charge in [0.2, 0.25) is 5.91 Å². The fraction of sp³-hybridized carbons (Fsp3) is 0.500. The van der Waals surface area contributed by atoms with E-state index >= 15 is 0 Å². The Labute approximate surface area is 134 Å². The first-order chi connectivity index (χ1) is 10.8. The lowest BCUT2D eigenvalue weighted by molar-refractivity contribution is -0.159. The Bertz CT molecular complexity index is 461. The topological polar surface area (TPSA) is 132 Å². The molecule has 0 aliphatic heterocycles. The lowest BCUT2D eigenvalue weighted by Crippen LogP contribution is -2.34. The quantitative estimate of drug-likeness (QED) is 0.374. The number of nitrogens with zero attached hydrogens (tertiary/aromatic N) is 1. The van der Waals surface area contributed by atoms with Crippen LogP contribution in [0.1, 0.15) is 12.2 Å². The van der Waals surface area contributed by atoms with Crippen molar-refractivity contribution in [2.45, 2.75) is 13.0 Å². The van der Waals surface area contributed by atoms with Crippen molar-refractivity contribution in [3.8, 4) is 0 Å². The monoisotopic (exact) mass is 329 g/mol. The Kier molecular flexibility index (Phi) is 10.9. The van der Waals surface area contributed by atoms with Gasteiger partial charge in [0.25, 0.3) is 0 Å². The Morgan fingerprint density at radius 3 is 2.35 bits per heavy atom. The van der Waals surface area contributed by atoms with Crippen LogP contribution in [0.4, 0.5) is 0 Å². The number of carboxylic acid groups (broad SMARTS) is 2. The molecule has 0 fully saturated rings. The molecular formula is C14H23N3O6. The molecule has 0 radical (unpaired) electrons. The first-order valence-electron chi connectivity index (χ1n) is 6.93. The Morgan fingerprint density at radius 2 is 1.87 bits per heavy atom. The maximum atomic E-state index is 11.4. The number of aliphatic carboxylic acids is 2. The molecule has 0 aliphatic rings. The van der Waals surface area contributed by atoms with Crippen LogP contribution in [0, 0.1) is 0 Å². The summed E-state index contributed by atoms with van der Waals surface area (Å²) in [5.41, 5.74) is 0. The highest BCUT2D eigenvalue weighted by molar-refractivity contribution is 6.27. The molecule has 1 rings (SSSR count). The number of rotatable bonds is 8. The smallest absolute Gasteiger partial charge is 0.414 e. The summed E-state index contributed by atoms with van der Waals surface area (Å²) in [5, 5.41) is 20.7. The van der Waals surface area contributed by atoms with Crippen molar-refractivity contribution in [3.05, 3.63) is 24.2 Å². The molecule has 0 atom stereocenters. The highest BCUT2D eigenvalue weighted by Crippen LogP contribution is 1.97. The van der Waals surface area contributed by atoms with Crippen LogP contribution in [0.3, 0.4) is 0 Å². The van der Waals surface area contributed by atoms with Crippen molar-refractivity contribution in [3.63, 3.8) is 0 Å². The predicted molar refractivity (Wildman–Crippen MR) is 81.9 cm³/mol. The van der Waals surface area contributed by atoms with Gasteiger partial charge in [0, 0.05) is 0 Å². The zero-order valence-corrected chi connectivity index (χ0v) is 13.2. The highest BCUT2D eigenvalue weighted by Gasteiger charge is 2.04. The first-order valence-corrected chi connectivity index (χ1v) is 6.93. The maximum absolute atomic E-state index is 11.4. The molecule has 130 valence electrons. The first kappa shape index (κ1) is 20.6. The van der Waals surface area contributed by atoms with Crippen LogP contribution in [0.15, 0.2) is 22.8 Å². The summed E-state index contributed by atoms with van der Waals surface area (Å²) in [4.78, 5) is 31.7. The maximum Gasteiger partial charge on any atom is 0.414 e. The van der Waals surface area contributed by atoms with Crippen molar-refractivity contribution < 1.29 is 29.0 Å². The number of hydrogen-bond acceptors (Lipinski definition) is 6. The Hall–Kier alpha value is -2.39. The third-order valence-electron chi connectivity index (χ3n) is 2.47. The molecule has 0 unspecified atom stereocenters. The van der Waals surface area contributed by atoms with Crippen molar-refractivity contribution in [2.24, 2.45) is 0 Å². The van der Waals surface area contributed by atoms with Gasteiger partial charge in [-0.15, -0.1) is 0 Å². The van der Waals surface area contributed by atoms with Gasteiger partial charge >= 0.3 is 11.9 Å². The molecule has 9 heteroatoms. The molecule has 1 aromatic rings. The zero-order valence-electron chi connectivity index (χ0n) is 13.2. The molecule has 1 aromatic heterocycles. The fourth-order valence-electron chi connectivity index (χ4n) is 1.38. The van der Waals surface area contributed by atoms with Gasteiger partial charge in [-0.25, -0.2) is 9.59 Å². The number of carbonyl (C=O) groups excluding carboxylic acids is 1. The Morgan fingerprint density at radius 1 is 1.22 bits per heavy atom. The second-order valence-corrected chi connectivity index (χ2v) is 4.80. The van der Waals surface area contributed by atoms with E-state index in [-0.39, 0.29) is 5.91 Å². The van der Waals surface area contributed by atoms with E-state index in [1.807, 2.05) is 20.2 Å². The van der Waals surface area contributed by atoms with Crippen LogP contribution in [-0.4, -0.2) is 66.7 Å². The number of amides is 1. The van der Waals surface area contributed by atoms with E-state index in [4.69, 9.17) is 24.2 Å². The van der Waals surface area contributed by atoms with Gasteiger partial charge in [-0.05, 0) is 45.7 Å². The summed E-state index contributed by atoms with van der Waals surface area (Å²) < 4.78 is 5.11. The van der Waals surface area contributed by atoms with Crippen LogP contribution >= 0.6 is 0 Å². The zero-order chi connectivity index (χ0) is 17.7. The fourth-order valence-corrected chi connectivity index (χ4v) is 1.38. The molecule has 4 N–H and O–H groups in total. The minimum absolute atomic E-state index is 0.00810. The molecule has 0 aliphatic carbocycles. The standard InChI is InChI=1S/C12H21N3O2.C2H2O4/c1-15(2)7-4-6-13-10-12(16)14-9-11-5-3-8-17-11;3-1(4)2(5)6/h3,5,8,13H,4,6-7,9-10H2,1-2H3,(H,14,16);(H,3,4)(H,5,6). The molecule has 1 amide bonds. The van der Waals surface area contributed by atoms with Crippen molar-refractivity contribution in [1.82, 2.24) is 15.5 Å². The molecule has 0 saturated heterocycles. The van der Waals surface area contributed by atoms with Crippen LogP contribution in [0.25, 0.3) is 0 Å². The molecule has 9 nitrogen and oxygen atoms in total. The number of furan rings is 1. The Balaban J connectivity index is 0.000000688. The molecular weight excluding hydrogens is 306 g/mol. The van der Waals surface area contributed by atoms with Gasteiger partial charge in [0.05, 0.1) is 19.4 Å². The predicted octanol–water partition coefficient (Wildman–Crippen LogP) is -0.407.